The number of hydrogen-bond donors (Lipinski definition) is 0. The number of ether oxygens (including phenoxy) is 3. The summed E-state index contributed by atoms with van der Waals surface area (Å²) < 4.78 is 15.6. The van der Waals surface area contributed by atoms with Crippen LogP contribution in [0.25, 0.3) is 0 Å². The van der Waals surface area contributed by atoms with Gasteiger partial charge in [-0.15, -0.1) is 0 Å². The van der Waals surface area contributed by atoms with E-state index in [2.05, 4.69) is 5.16 Å². The first-order valence-corrected chi connectivity index (χ1v) is 9.22. The Labute approximate surface area is 167 Å². The molecule has 8 nitrogen and oxygen atoms in total. The molecule has 2 aromatic carbocycles. The summed E-state index contributed by atoms with van der Waals surface area (Å²) in [6.07, 6.45) is 0.798. The van der Waals surface area contributed by atoms with Gasteiger partial charge in [0, 0.05) is 17.8 Å². The molecular weight excluding hydrogens is 376 g/mol. The summed E-state index contributed by atoms with van der Waals surface area (Å²) >= 11 is 0. The van der Waals surface area contributed by atoms with E-state index in [1.165, 1.54) is 0 Å². The Morgan fingerprint density at radius 2 is 1.93 bits per heavy atom. The zero-order chi connectivity index (χ0) is 20.2. The maximum absolute atomic E-state index is 12.3. The lowest BCUT2D eigenvalue weighted by Crippen LogP contribution is -2.33. The lowest BCUT2D eigenvalue weighted by atomic mass is 10.1. The van der Waals surface area contributed by atoms with Gasteiger partial charge in [-0.25, -0.2) is 4.79 Å². The number of carbonyl (C=O) groups excluding carboxylic acids is 2. The lowest BCUT2D eigenvalue weighted by Gasteiger charge is -2.17. The molecular formula is C21H20N2O6. The van der Waals surface area contributed by atoms with Crippen molar-refractivity contribution in [2.24, 2.45) is 5.16 Å². The molecule has 2 aliphatic heterocycles. The van der Waals surface area contributed by atoms with Gasteiger partial charge >= 0.3 is 5.97 Å². The number of benzene rings is 2. The van der Waals surface area contributed by atoms with Crippen molar-refractivity contribution < 1.29 is 28.6 Å². The number of oxime groups is 1. The van der Waals surface area contributed by atoms with Crippen molar-refractivity contribution in [3.8, 4) is 11.5 Å². The van der Waals surface area contributed by atoms with E-state index in [1.54, 1.807) is 24.0 Å². The van der Waals surface area contributed by atoms with Crippen LogP contribution in [-0.4, -0.2) is 44.1 Å². The number of nitrogens with zero attached hydrogens (tertiary/aromatic N) is 2. The van der Waals surface area contributed by atoms with Gasteiger partial charge in [-0.1, -0.05) is 23.4 Å². The highest BCUT2D eigenvalue weighted by molar-refractivity contribution is 5.99. The zero-order valence-electron chi connectivity index (χ0n) is 15.9. The van der Waals surface area contributed by atoms with Gasteiger partial charge in [0.2, 0.25) is 13.4 Å². The van der Waals surface area contributed by atoms with Gasteiger partial charge in [-0.2, -0.15) is 0 Å². The SMILES string of the molecule is C/C(=N/OCC(=O)OCC(=O)N1CCc2ccccc21)c1ccc2c(c1)OCO2. The van der Waals surface area contributed by atoms with Gasteiger partial charge < -0.3 is 23.9 Å². The maximum atomic E-state index is 12.3. The summed E-state index contributed by atoms with van der Waals surface area (Å²) in [6.45, 7) is 1.81. The van der Waals surface area contributed by atoms with E-state index in [-0.39, 0.29) is 25.9 Å². The van der Waals surface area contributed by atoms with Gasteiger partial charge in [-0.05, 0) is 43.2 Å². The van der Waals surface area contributed by atoms with Gasteiger partial charge in [0.1, 0.15) is 0 Å². The molecule has 4 rings (SSSR count). The third-order valence-electron chi connectivity index (χ3n) is 4.72. The first kappa shape index (κ1) is 18.8. The first-order chi connectivity index (χ1) is 14.1. The molecule has 0 aromatic heterocycles. The summed E-state index contributed by atoms with van der Waals surface area (Å²) in [5.74, 6) is 0.395. The van der Waals surface area contributed by atoms with Crippen molar-refractivity contribution in [2.45, 2.75) is 13.3 Å². The number of fused-ring (bicyclic) bond motifs is 2. The molecule has 0 saturated heterocycles. The Morgan fingerprint density at radius 3 is 2.83 bits per heavy atom. The highest BCUT2D eigenvalue weighted by Crippen LogP contribution is 2.32. The maximum Gasteiger partial charge on any atom is 0.347 e. The zero-order valence-corrected chi connectivity index (χ0v) is 15.9. The van der Waals surface area contributed by atoms with E-state index < -0.39 is 5.97 Å². The van der Waals surface area contributed by atoms with E-state index in [0.717, 1.165) is 23.2 Å². The molecule has 150 valence electrons. The molecule has 2 aliphatic rings. The number of anilines is 1. The summed E-state index contributed by atoms with van der Waals surface area (Å²) in [7, 11) is 0. The van der Waals surface area contributed by atoms with E-state index >= 15 is 0 Å². The van der Waals surface area contributed by atoms with Crippen LogP contribution in [0.4, 0.5) is 5.69 Å². The molecule has 0 spiro atoms. The van der Waals surface area contributed by atoms with Crippen LogP contribution < -0.4 is 14.4 Å². The van der Waals surface area contributed by atoms with Crippen molar-refractivity contribution in [2.75, 3.05) is 31.5 Å². The average Bonchev–Trinajstić information content (AvgIpc) is 3.38. The van der Waals surface area contributed by atoms with Crippen molar-refractivity contribution >= 4 is 23.3 Å². The van der Waals surface area contributed by atoms with Gasteiger partial charge in [-0.3, -0.25) is 4.79 Å². The minimum absolute atomic E-state index is 0.194. The summed E-state index contributed by atoms with van der Waals surface area (Å²) in [4.78, 5) is 30.9. The van der Waals surface area contributed by atoms with Crippen LogP contribution in [0.1, 0.15) is 18.1 Å². The fraction of sp³-hybridized carbons (Fsp3) is 0.286. The van der Waals surface area contributed by atoms with Crippen molar-refractivity contribution in [3.63, 3.8) is 0 Å². The first-order valence-electron chi connectivity index (χ1n) is 9.22. The number of esters is 1. The van der Waals surface area contributed by atoms with Crippen LogP contribution in [0, 0.1) is 0 Å². The topological polar surface area (TPSA) is 86.7 Å². The summed E-state index contributed by atoms with van der Waals surface area (Å²) in [5.41, 5.74) is 3.34. The standard InChI is InChI=1S/C21H20N2O6/c1-14(16-6-7-18-19(10-16)28-13-27-18)22-29-12-21(25)26-11-20(24)23-9-8-15-4-2-3-5-17(15)23/h2-7,10H,8-9,11-13H2,1H3/b22-14-. The molecule has 29 heavy (non-hydrogen) atoms. The molecule has 0 N–H and O–H groups in total. The Morgan fingerprint density at radius 1 is 1.10 bits per heavy atom. The van der Waals surface area contributed by atoms with E-state index in [9.17, 15) is 9.59 Å². The Bertz CT molecular complexity index is 971. The predicted molar refractivity (Wildman–Crippen MR) is 104 cm³/mol. The molecule has 0 unspecified atom stereocenters. The van der Waals surface area contributed by atoms with Crippen molar-refractivity contribution in [3.05, 3.63) is 53.6 Å². The Balaban J connectivity index is 1.24. The van der Waals surface area contributed by atoms with E-state index in [0.29, 0.717) is 23.8 Å². The smallest absolute Gasteiger partial charge is 0.347 e. The molecule has 0 atom stereocenters. The second kappa shape index (κ2) is 8.22. The Hall–Kier alpha value is -3.55. The molecule has 8 heteroatoms. The van der Waals surface area contributed by atoms with Crippen LogP contribution >= 0.6 is 0 Å². The van der Waals surface area contributed by atoms with Crippen molar-refractivity contribution in [1.29, 1.82) is 0 Å². The number of para-hydroxylation sites is 1. The minimum Gasteiger partial charge on any atom is -0.454 e. The van der Waals surface area contributed by atoms with Crippen LogP contribution in [0.3, 0.4) is 0 Å². The Kier molecular flexibility index (Phi) is 5.33. The number of hydrogen-bond acceptors (Lipinski definition) is 7. The monoisotopic (exact) mass is 396 g/mol. The van der Waals surface area contributed by atoms with Crippen molar-refractivity contribution in [1.82, 2.24) is 0 Å². The molecule has 0 aliphatic carbocycles. The van der Waals surface area contributed by atoms with E-state index in [4.69, 9.17) is 19.0 Å². The third-order valence-corrected chi connectivity index (χ3v) is 4.72. The highest BCUT2D eigenvalue weighted by atomic mass is 16.7. The second-order valence-corrected chi connectivity index (χ2v) is 6.60. The molecule has 0 bridgehead atoms. The predicted octanol–water partition coefficient (Wildman–Crippen LogP) is 2.29. The fourth-order valence-electron chi connectivity index (χ4n) is 3.22. The third kappa shape index (κ3) is 4.16. The molecule has 1 amide bonds. The molecule has 0 fully saturated rings. The normalized spacial score (nSPS) is 14.5. The van der Waals surface area contributed by atoms with Crippen LogP contribution in [0.5, 0.6) is 11.5 Å². The van der Waals surface area contributed by atoms with Gasteiger partial charge in [0.25, 0.3) is 5.91 Å². The molecule has 0 saturated carbocycles. The molecule has 0 radical (unpaired) electrons. The number of rotatable bonds is 6. The lowest BCUT2D eigenvalue weighted by molar-refractivity contribution is -0.152. The fourth-order valence-corrected chi connectivity index (χ4v) is 3.22. The van der Waals surface area contributed by atoms with Crippen LogP contribution in [-0.2, 0) is 25.6 Å². The van der Waals surface area contributed by atoms with Crippen LogP contribution in [0.2, 0.25) is 0 Å². The highest BCUT2D eigenvalue weighted by Gasteiger charge is 2.24. The van der Waals surface area contributed by atoms with Gasteiger partial charge in [0.05, 0.1) is 5.71 Å². The molecule has 2 aromatic rings. The minimum atomic E-state index is -0.659. The molecule has 2 heterocycles. The summed E-state index contributed by atoms with van der Waals surface area (Å²) in [6, 6.07) is 13.1. The van der Waals surface area contributed by atoms with Crippen LogP contribution in [0.15, 0.2) is 47.6 Å². The number of carbonyl (C=O) groups is 2. The van der Waals surface area contributed by atoms with E-state index in [1.807, 2.05) is 30.3 Å². The summed E-state index contributed by atoms with van der Waals surface area (Å²) in [5, 5.41) is 3.92. The largest absolute Gasteiger partial charge is 0.454 e. The number of amides is 1. The van der Waals surface area contributed by atoms with Gasteiger partial charge in [0.15, 0.2) is 18.1 Å². The quantitative estimate of drug-likeness (QED) is 0.423. The average molecular weight is 396 g/mol. The second-order valence-electron chi connectivity index (χ2n) is 6.60.